The van der Waals surface area contributed by atoms with Gasteiger partial charge in [0.2, 0.25) is 5.91 Å². The highest BCUT2D eigenvalue weighted by molar-refractivity contribution is 5.98. The third-order valence-corrected chi connectivity index (χ3v) is 6.26. The number of aryl methyl sites for hydroxylation is 1. The fourth-order valence-electron chi connectivity index (χ4n) is 4.35. The number of carbonyl (C=O) groups is 2. The summed E-state index contributed by atoms with van der Waals surface area (Å²) in [6, 6.07) is 18.0. The van der Waals surface area contributed by atoms with Gasteiger partial charge in [0, 0.05) is 36.5 Å². The van der Waals surface area contributed by atoms with E-state index in [9.17, 15) is 9.59 Å². The Bertz CT molecular complexity index is 1010. The Morgan fingerprint density at radius 3 is 2.60 bits per heavy atom. The molecule has 0 saturated carbocycles. The lowest BCUT2D eigenvalue weighted by atomic mass is 9.84. The van der Waals surface area contributed by atoms with Crippen LogP contribution in [0.5, 0.6) is 0 Å². The smallest absolute Gasteiger partial charge is 0.270 e. The zero-order valence-corrected chi connectivity index (χ0v) is 17.7. The molecule has 2 heterocycles. The molecule has 1 aliphatic rings. The Morgan fingerprint density at radius 2 is 1.87 bits per heavy atom. The van der Waals surface area contributed by atoms with Crippen molar-refractivity contribution in [2.45, 2.75) is 33.2 Å². The van der Waals surface area contributed by atoms with Crippen molar-refractivity contribution >= 4 is 22.7 Å². The van der Waals surface area contributed by atoms with Gasteiger partial charge in [0.05, 0.1) is 0 Å². The monoisotopic (exact) mass is 403 g/mol. The first-order chi connectivity index (χ1) is 14.5. The van der Waals surface area contributed by atoms with E-state index in [1.807, 2.05) is 54.3 Å². The number of carbonyl (C=O) groups excluding carboxylic acids is 2. The van der Waals surface area contributed by atoms with Crippen molar-refractivity contribution in [1.29, 1.82) is 0 Å². The van der Waals surface area contributed by atoms with Crippen LogP contribution in [0.1, 0.15) is 41.4 Å². The van der Waals surface area contributed by atoms with E-state index < -0.39 is 0 Å². The first-order valence-corrected chi connectivity index (χ1v) is 10.7. The molecule has 1 aliphatic heterocycles. The minimum Gasteiger partial charge on any atom is -0.352 e. The number of likely N-dealkylation sites (tertiary alicyclic amines) is 1. The van der Waals surface area contributed by atoms with Gasteiger partial charge in [0.15, 0.2) is 0 Å². The molecule has 156 valence electrons. The molecule has 1 aromatic heterocycles. The second-order valence-corrected chi connectivity index (χ2v) is 8.40. The average molecular weight is 404 g/mol. The molecule has 30 heavy (non-hydrogen) atoms. The molecule has 0 unspecified atom stereocenters. The SMILES string of the molecule is Cc1cccc(CNC(=O)[C@H](C)C2CCN(C(=O)c3cc4ccccc4[nH]3)CC2)c1. The maximum absolute atomic E-state index is 12.9. The van der Waals surface area contributed by atoms with Crippen molar-refractivity contribution in [2.75, 3.05) is 13.1 Å². The van der Waals surface area contributed by atoms with Crippen LogP contribution >= 0.6 is 0 Å². The maximum Gasteiger partial charge on any atom is 0.270 e. The van der Waals surface area contributed by atoms with E-state index in [1.165, 1.54) is 5.56 Å². The summed E-state index contributed by atoms with van der Waals surface area (Å²) in [7, 11) is 0. The number of amides is 2. The van der Waals surface area contributed by atoms with E-state index in [1.54, 1.807) is 0 Å². The highest BCUT2D eigenvalue weighted by Gasteiger charge is 2.30. The fourth-order valence-corrected chi connectivity index (χ4v) is 4.35. The first-order valence-electron chi connectivity index (χ1n) is 10.7. The van der Waals surface area contributed by atoms with E-state index in [-0.39, 0.29) is 17.7 Å². The molecule has 0 spiro atoms. The molecular weight excluding hydrogens is 374 g/mol. The predicted molar refractivity (Wildman–Crippen MR) is 119 cm³/mol. The molecule has 2 amide bonds. The van der Waals surface area contributed by atoms with Crippen LogP contribution in [-0.2, 0) is 11.3 Å². The van der Waals surface area contributed by atoms with Gasteiger partial charge < -0.3 is 15.2 Å². The highest BCUT2D eigenvalue weighted by Crippen LogP contribution is 2.26. The molecule has 3 aromatic rings. The normalized spacial score (nSPS) is 15.9. The molecule has 1 fully saturated rings. The maximum atomic E-state index is 12.9. The number of nitrogens with one attached hydrogen (secondary N) is 2. The number of rotatable bonds is 5. The Morgan fingerprint density at radius 1 is 1.10 bits per heavy atom. The molecule has 5 nitrogen and oxygen atoms in total. The quantitative estimate of drug-likeness (QED) is 0.668. The van der Waals surface area contributed by atoms with Gasteiger partial charge in [-0.2, -0.15) is 0 Å². The summed E-state index contributed by atoms with van der Waals surface area (Å²) >= 11 is 0. The summed E-state index contributed by atoms with van der Waals surface area (Å²) in [5.74, 6) is 0.382. The summed E-state index contributed by atoms with van der Waals surface area (Å²) in [5, 5.41) is 4.12. The lowest BCUT2D eigenvalue weighted by Crippen LogP contribution is -2.42. The summed E-state index contributed by atoms with van der Waals surface area (Å²) in [6.07, 6.45) is 1.70. The minimum atomic E-state index is -0.0554. The zero-order chi connectivity index (χ0) is 21.1. The number of benzene rings is 2. The Kier molecular flexibility index (Phi) is 5.88. The van der Waals surface area contributed by atoms with Crippen LogP contribution in [0.2, 0.25) is 0 Å². The number of aromatic nitrogens is 1. The molecule has 0 radical (unpaired) electrons. The molecule has 1 saturated heterocycles. The van der Waals surface area contributed by atoms with Crippen molar-refractivity contribution in [2.24, 2.45) is 11.8 Å². The van der Waals surface area contributed by atoms with Crippen LogP contribution in [0.3, 0.4) is 0 Å². The van der Waals surface area contributed by atoms with E-state index >= 15 is 0 Å². The van der Waals surface area contributed by atoms with Gasteiger partial charge in [-0.3, -0.25) is 9.59 Å². The fraction of sp³-hybridized carbons (Fsp3) is 0.360. The summed E-state index contributed by atoms with van der Waals surface area (Å²) in [4.78, 5) is 30.6. The van der Waals surface area contributed by atoms with E-state index in [4.69, 9.17) is 0 Å². The Balaban J connectivity index is 1.29. The second kappa shape index (κ2) is 8.74. The standard InChI is InChI=1S/C25H29N3O2/c1-17-6-5-7-19(14-17)16-26-24(29)18(2)20-10-12-28(13-11-20)25(30)23-15-21-8-3-4-9-22(21)27-23/h3-9,14-15,18,20,27H,10-13,16H2,1-2H3,(H,26,29)/t18-/m1/s1. The molecule has 2 N–H and O–H groups in total. The van der Waals surface area contributed by atoms with Gasteiger partial charge >= 0.3 is 0 Å². The lowest BCUT2D eigenvalue weighted by molar-refractivity contribution is -0.126. The van der Waals surface area contributed by atoms with Crippen LogP contribution in [0, 0.1) is 18.8 Å². The van der Waals surface area contributed by atoms with Crippen molar-refractivity contribution in [1.82, 2.24) is 15.2 Å². The van der Waals surface area contributed by atoms with Gasteiger partial charge in [0.1, 0.15) is 5.69 Å². The van der Waals surface area contributed by atoms with Crippen LogP contribution in [0.4, 0.5) is 0 Å². The topological polar surface area (TPSA) is 65.2 Å². The molecule has 0 bridgehead atoms. The molecule has 4 rings (SSSR count). The van der Waals surface area contributed by atoms with Crippen molar-refractivity contribution in [3.63, 3.8) is 0 Å². The van der Waals surface area contributed by atoms with Gasteiger partial charge in [-0.25, -0.2) is 0 Å². The number of piperidine rings is 1. The lowest BCUT2D eigenvalue weighted by Gasteiger charge is -2.34. The van der Waals surface area contributed by atoms with Crippen molar-refractivity contribution in [3.05, 3.63) is 71.4 Å². The van der Waals surface area contributed by atoms with Gasteiger partial charge in [-0.05, 0) is 43.4 Å². The van der Waals surface area contributed by atoms with Crippen LogP contribution in [-0.4, -0.2) is 34.8 Å². The number of para-hydroxylation sites is 1. The third kappa shape index (κ3) is 4.40. The van der Waals surface area contributed by atoms with E-state index in [0.717, 1.165) is 29.3 Å². The van der Waals surface area contributed by atoms with Crippen LogP contribution in [0.15, 0.2) is 54.6 Å². The number of aromatic amines is 1. The number of nitrogens with zero attached hydrogens (tertiary/aromatic N) is 1. The van der Waals surface area contributed by atoms with Crippen LogP contribution < -0.4 is 5.32 Å². The summed E-state index contributed by atoms with van der Waals surface area (Å²) < 4.78 is 0. The van der Waals surface area contributed by atoms with E-state index in [2.05, 4.69) is 29.4 Å². The second-order valence-electron chi connectivity index (χ2n) is 8.40. The Hall–Kier alpha value is -3.08. The predicted octanol–water partition coefficient (Wildman–Crippen LogP) is 4.28. The van der Waals surface area contributed by atoms with Gasteiger partial charge in [-0.15, -0.1) is 0 Å². The van der Waals surface area contributed by atoms with Crippen molar-refractivity contribution in [3.8, 4) is 0 Å². The Labute approximate surface area is 177 Å². The minimum absolute atomic E-state index is 0.0428. The third-order valence-electron chi connectivity index (χ3n) is 6.26. The average Bonchev–Trinajstić information content (AvgIpc) is 3.21. The molecular formula is C25H29N3O2. The van der Waals surface area contributed by atoms with Gasteiger partial charge in [-0.1, -0.05) is 55.0 Å². The van der Waals surface area contributed by atoms with Crippen LogP contribution in [0.25, 0.3) is 10.9 Å². The molecule has 1 atom stereocenters. The van der Waals surface area contributed by atoms with Crippen molar-refractivity contribution < 1.29 is 9.59 Å². The molecule has 2 aromatic carbocycles. The van der Waals surface area contributed by atoms with Gasteiger partial charge in [0.25, 0.3) is 5.91 Å². The summed E-state index contributed by atoms with van der Waals surface area (Å²) in [5.41, 5.74) is 3.93. The van der Waals surface area contributed by atoms with E-state index in [0.29, 0.717) is 31.2 Å². The largest absolute Gasteiger partial charge is 0.352 e. The highest BCUT2D eigenvalue weighted by atomic mass is 16.2. The molecule has 0 aliphatic carbocycles. The number of hydrogen-bond acceptors (Lipinski definition) is 2. The zero-order valence-electron chi connectivity index (χ0n) is 17.7. The summed E-state index contributed by atoms with van der Waals surface area (Å²) in [6.45, 7) is 6.00. The first kappa shape index (κ1) is 20.2. The molecule has 5 heteroatoms. The number of H-pyrrole nitrogens is 1. The number of hydrogen-bond donors (Lipinski definition) is 2. The number of fused-ring (bicyclic) bond motifs is 1.